The van der Waals surface area contributed by atoms with Gasteiger partial charge in [-0.25, -0.2) is 4.39 Å². The number of halogens is 2. The van der Waals surface area contributed by atoms with E-state index in [1.165, 1.54) is 24.4 Å². The van der Waals surface area contributed by atoms with Crippen LogP contribution in [0.3, 0.4) is 0 Å². The van der Waals surface area contributed by atoms with Crippen molar-refractivity contribution in [2.45, 2.75) is 19.4 Å². The monoisotopic (exact) mass is 281 g/mol. The van der Waals surface area contributed by atoms with E-state index in [1.807, 2.05) is 6.92 Å². The Labute approximate surface area is 115 Å². The molecule has 2 aromatic rings. The molecule has 19 heavy (non-hydrogen) atoms. The fourth-order valence-corrected chi connectivity index (χ4v) is 1.75. The number of hydrogen-bond donors (Lipinski definition) is 1. The number of ether oxygens (including phenoxy) is 1. The highest BCUT2D eigenvalue weighted by Crippen LogP contribution is 2.29. The van der Waals surface area contributed by atoms with E-state index in [9.17, 15) is 9.50 Å². The molecule has 3 nitrogen and oxygen atoms in total. The van der Waals surface area contributed by atoms with Crippen LogP contribution in [0.5, 0.6) is 11.5 Å². The Morgan fingerprint density at radius 1 is 1.37 bits per heavy atom. The van der Waals surface area contributed by atoms with E-state index in [0.717, 1.165) is 0 Å². The predicted molar refractivity (Wildman–Crippen MR) is 71.0 cm³/mol. The lowest BCUT2D eigenvalue weighted by Gasteiger charge is -2.10. The van der Waals surface area contributed by atoms with Crippen LogP contribution in [0.2, 0.25) is 5.02 Å². The molecule has 0 spiro atoms. The maximum atomic E-state index is 12.9. The fourth-order valence-electron chi connectivity index (χ4n) is 1.54. The van der Waals surface area contributed by atoms with Gasteiger partial charge < -0.3 is 9.84 Å². The zero-order valence-corrected chi connectivity index (χ0v) is 11.1. The van der Waals surface area contributed by atoms with Crippen LogP contribution < -0.4 is 4.74 Å². The van der Waals surface area contributed by atoms with Crippen LogP contribution in [-0.2, 0) is 0 Å². The van der Waals surface area contributed by atoms with E-state index in [2.05, 4.69) is 4.98 Å². The van der Waals surface area contributed by atoms with E-state index in [-0.39, 0.29) is 5.02 Å². The molecule has 2 rings (SSSR count). The van der Waals surface area contributed by atoms with Crippen molar-refractivity contribution >= 4 is 11.6 Å². The van der Waals surface area contributed by atoms with Crippen LogP contribution >= 0.6 is 11.6 Å². The molecule has 0 saturated heterocycles. The van der Waals surface area contributed by atoms with Gasteiger partial charge in [0, 0.05) is 0 Å². The Morgan fingerprint density at radius 3 is 2.74 bits per heavy atom. The lowest BCUT2D eigenvalue weighted by Crippen LogP contribution is -1.98. The second-order valence-electron chi connectivity index (χ2n) is 4.02. The van der Waals surface area contributed by atoms with Crippen molar-refractivity contribution in [2.24, 2.45) is 0 Å². The lowest BCUT2D eigenvalue weighted by atomic mass is 10.2. The van der Waals surface area contributed by atoms with Crippen molar-refractivity contribution in [1.29, 1.82) is 0 Å². The molecule has 0 bridgehead atoms. The lowest BCUT2D eigenvalue weighted by molar-refractivity contribution is 0.169. The highest BCUT2D eigenvalue weighted by atomic mass is 35.5. The highest BCUT2D eigenvalue weighted by Gasteiger charge is 2.08. The summed E-state index contributed by atoms with van der Waals surface area (Å²) in [5.74, 6) is 0.408. The van der Waals surface area contributed by atoms with Crippen molar-refractivity contribution < 1.29 is 14.2 Å². The fraction of sp³-hybridized carbons (Fsp3) is 0.214. The van der Waals surface area contributed by atoms with Gasteiger partial charge in [-0.2, -0.15) is 0 Å². The van der Waals surface area contributed by atoms with Crippen molar-refractivity contribution in [3.8, 4) is 11.5 Å². The molecule has 1 atom stereocenters. The van der Waals surface area contributed by atoms with E-state index in [0.29, 0.717) is 23.6 Å². The van der Waals surface area contributed by atoms with Gasteiger partial charge in [0.15, 0.2) is 0 Å². The maximum absolute atomic E-state index is 12.9. The van der Waals surface area contributed by atoms with Gasteiger partial charge in [-0.15, -0.1) is 0 Å². The molecule has 0 saturated carbocycles. The Morgan fingerprint density at radius 2 is 2.16 bits per heavy atom. The van der Waals surface area contributed by atoms with Crippen LogP contribution in [0.25, 0.3) is 0 Å². The number of aliphatic hydroxyl groups is 1. The number of pyridine rings is 1. The third-order valence-electron chi connectivity index (χ3n) is 2.61. The van der Waals surface area contributed by atoms with Crippen LogP contribution in [0.15, 0.2) is 36.5 Å². The summed E-state index contributed by atoms with van der Waals surface area (Å²) in [5, 5.41) is 9.81. The first-order chi connectivity index (χ1) is 9.10. The molecule has 1 unspecified atom stereocenters. The number of benzene rings is 1. The zero-order chi connectivity index (χ0) is 13.8. The molecule has 0 fully saturated rings. The van der Waals surface area contributed by atoms with Gasteiger partial charge in [0.2, 0.25) is 0 Å². The highest BCUT2D eigenvalue weighted by molar-refractivity contribution is 6.32. The van der Waals surface area contributed by atoms with Crippen molar-refractivity contribution in [3.63, 3.8) is 0 Å². The van der Waals surface area contributed by atoms with Gasteiger partial charge in [0.25, 0.3) is 0 Å². The zero-order valence-electron chi connectivity index (χ0n) is 10.3. The summed E-state index contributed by atoms with van der Waals surface area (Å²) < 4.78 is 18.4. The summed E-state index contributed by atoms with van der Waals surface area (Å²) in [6, 6.07) is 7.26. The van der Waals surface area contributed by atoms with Gasteiger partial charge in [0.05, 0.1) is 23.0 Å². The molecule has 0 radical (unpaired) electrons. The Balaban J connectivity index is 2.15. The Kier molecular flexibility index (Phi) is 4.35. The molecule has 100 valence electrons. The summed E-state index contributed by atoms with van der Waals surface area (Å²) >= 11 is 5.86. The van der Waals surface area contributed by atoms with Gasteiger partial charge in [-0.1, -0.05) is 18.5 Å². The summed E-state index contributed by atoms with van der Waals surface area (Å²) in [6.45, 7) is 1.87. The van der Waals surface area contributed by atoms with Gasteiger partial charge in [0.1, 0.15) is 17.3 Å². The first-order valence-electron chi connectivity index (χ1n) is 5.87. The van der Waals surface area contributed by atoms with Gasteiger partial charge in [-0.3, -0.25) is 4.98 Å². The minimum Gasteiger partial charge on any atom is -0.454 e. The first-order valence-corrected chi connectivity index (χ1v) is 6.25. The molecule has 0 aliphatic rings. The molecule has 1 heterocycles. The second kappa shape index (κ2) is 5.99. The first kappa shape index (κ1) is 13.8. The molecular weight excluding hydrogens is 269 g/mol. The number of rotatable bonds is 4. The molecule has 0 aliphatic carbocycles. The summed E-state index contributed by atoms with van der Waals surface area (Å²) in [6.07, 6.45) is 1.51. The van der Waals surface area contributed by atoms with Crippen LogP contribution in [0.4, 0.5) is 4.39 Å². The van der Waals surface area contributed by atoms with Crippen molar-refractivity contribution in [1.82, 2.24) is 4.98 Å². The molecule has 1 aromatic carbocycles. The molecular formula is C14H13ClFNO2. The van der Waals surface area contributed by atoms with Crippen molar-refractivity contribution in [3.05, 3.63) is 53.1 Å². The molecule has 5 heteroatoms. The summed E-state index contributed by atoms with van der Waals surface area (Å²) in [5.41, 5.74) is 0.583. The molecule has 0 amide bonds. The number of aromatic nitrogens is 1. The third-order valence-corrected chi connectivity index (χ3v) is 2.90. The number of hydrogen-bond acceptors (Lipinski definition) is 3. The summed E-state index contributed by atoms with van der Waals surface area (Å²) in [7, 11) is 0. The average Bonchev–Trinajstić information content (AvgIpc) is 2.42. The maximum Gasteiger partial charge on any atom is 0.146 e. The topological polar surface area (TPSA) is 42.4 Å². The smallest absolute Gasteiger partial charge is 0.146 e. The Bertz CT molecular complexity index is 560. The Hall–Kier alpha value is -1.65. The SMILES string of the molecule is CCC(O)c1ccc(Oc2ccc(F)cc2Cl)cn1. The van der Waals surface area contributed by atoms with Gasteiger partial charge in [-0.05, 0) is 36.8 Å². The predicted octanol–water partition coefficient (Wildman–Crippen LogP) is 4.11. The van der Waals surface area contributed by atoms with E-state index >= 15 is 0 Å². The van der Waals surface area contributed by atoms with Crippen LogP contribution in [0, 0.1) is 5.82 Å². The third kappa shape index (κ3) is 3.43. The van der Waals surface area contributed by atoms with E-state index in [4.69, 9.17) is 16.3 Å². The van der Waals surface area contributed by atoms with Crippen LogP contribution in [0.1, 0.15) is 25.1 Å². The minimum absolute atomic E-state index is 0.192. The number of nitrogens with zero attached hydrogens (tertiary/aromatic N) is 1. The average molecular weight is 282 g/mol. The largest absolute Gasteiger partial charge is 0.454 e. The minimum atomic E-state index is -0.580. The number of aliphatic hydroxyl groups excluding tert-OH is 1. The van der Waals surface area contributed by atoms with Crippen LogP contribution in [-0.4, -0.2) is 10.1 Å². The van der Waals surface area contributed by atoms with E-state index in [1.54, 1.807) is 12.1 Å². The standard InChI is InChI=1S/C14H13ClFNO2/c1-2-13(18)12-5-4-10(8-17-12)19-14-6-3-9(16)7-11(14)15/h3-8,13,18H,2H2,1H3. The second-order valence-corrected chi connectivity index (χ2v) is 4.43. The normalized spacial score (nSPS) is 12.2. The van der Waals surface area contributed by atoms with Crippen molar-refractivity contribution in [2.75, 3.05) is 0 Å². The quantitative estimate of drug-likeness (QED) is 0.917. The van der Waals surface area contributed by atoms with Gasteiger partial charge >= 0.3 is 0 Å². The van der Waals surface area contributed by atoms with E-state index < -0.39 is 11.9 Å². The molecule has 1 N–H and O–H groups in total. The molecule has 0 aliphatic heterocycles. The summed E-state index contributed by atoms with van der Waals surface area (Å²) in [4.78, 5) is 4.10. The molecule has 1 aromatic heterocycles.